The Labute approximate surface area is 145 Å². The van der Waals surface area contributed by atoms with Gasteiger partial charge < -0.3 is 9.84 Å². The summed E-state index contributed by atoms with van der Waals surface area (Å²) in [7, 11) is 0. The molecule has 0 aromatic heterocycles. The van der Waals surface area contributed by atoms with Crippen LogP contribution in [0.3, 0.4) is 0 Å². The SMILES string of the molecule is C/C=C(/C)C(=O)O[C@@H]1/C=C(/C(=O)O)CC/C=C(\C)CCCC1(C)C. The minimum atomic E-state index is -0.945. The van der Waals surface area contributed by atoms with E-state index in [0.29, 0.717) is 24.0 Å². The van der Waals surface area contributed by atoms with Gasteiger partial charge in [0.15, 0.2) is 0 Å². The maximum absolute atomic E-state index is 12.2. The van der Waals surface area contributed by atoms with E-state index in [1.807, 2.05) is 13.8 Å². The van der Waals surface area contributed by atoms with Crippen molar-refractivity contribution >= 4 is 11.9 Å². The van der Waals surface area contributed by atoms with Crippen LogP contribution in [0.4, 0.5) is 0 Å². The molecule has 0 bridgehead atoms. The van der Waals surface area contributed by atoms with Gasteiger partial charge in [0, 0.05) is 16.6 Å². The Kier molecular flexibility index (Phi) is 7.46. The van der Waals surface area contributed by atoms with Crippen LogP contribution in [0.1, 0.15) is 66.7 Å². The van der Waals surface area contributed by atoms with Gasteiger partial charge in [-0.15, -0.1) is 0 Å². The smallest absolute Gasteiger partial charge is 0.333 e. The van der Waals surface area contributed by atoms with Gasteiger partial charge in [-0.05, 0) is 59.0 Å². The molecule has 1 rings (SSSR count). The summed E-state index contributed by atoms with van der Waals surface area (Å²) in [5, 5.41) is 9.49. The van der Waals surface area contributed by atoms with Crippen LogP contribution in [0, 0.1) is 5.41 Å². The van der Waals surface area contributed by atoms with Crippen molar-refractivity contribution in [1.82, 2.24) is 0 Å². The van der Waals surface area contributed by atoms with Crippen LogP contribution in [-0.2, 0) is 14.3 Å². The van der Waals surface area contributed by atoms with Gasteiger partial charge in [0.05, 0.1) is 0 Å². The third-order valence-electron chi connectivity index (χ3n) is 4.69. The molecule has 4 heteroatoms. The van der Waals surface area contributed by atoms with Gasteiger partial charge in [-0.3, -0.25) is 0 Å². The van der Waals surface area contributed by atoms with E-state index in [1.165, 1.54) is 5.57 Å². The Balaban J connectivity index is 3.18. The monoisotopic (exact) mass is 334 g/mol. The van der Waals surface area contributed by atoms with Crippen LogP contribution >= 0.6 is 0 Å². The molecule has 134 valence electrons. The number of aliphatic carboxylic acids is 1. The quantitative estimate of drug-likeness (QED) is 0.457. The van der Waals surface area contributed by atoms with Crippen molar-refractivity contribution in [3.05, 3.63) is 34.9 Å². The van der Waals surface area contributed by atoms with Crippen LogP contribution in [0.5, 0.6) is 0 Å². The molecule has 0 saturated carbocycles. The fraction of sp³-hybridized carbons (Fsp3) is 0.600. The molecular formula is C20H30O4. The Hall–Kier alpha value is -1.84. The lowest BCUT2D eigenvalue weighted by Gasteiger charge is -2.32. The molecule has 4 nitrogen and oxygen atoms in total. The molecule has 0 amide bonds. The number of rotatable bonds is 3. The summed E-state index contributed by atoms with van der Waals surface area (Å²) < 4.78 is 5.68. The predicted octanol–water partition coefficient (Wildman–Crippen LogP) is 4.81. The lowest BCUT2D eigenvalue weighted by molar-refractivity contribution is -0.147. The number of carbonyl (C=O) groups excluding carboxylic acids is 1. The highest BCUT2D eigenvalue weighted by Gasteiger charge is 2.32. The van der Waals surface area contributed by atoms with Crippen LogP contribution in [0.15, 0.2) is 34.9 Å². The highest BCUT2D eigenvalue weighted by molar-refractivity contribution is 5.88. The molecule has 0 fully saturated rings. The highest BCUT2D eigenvalue weighted by Crippen LogP contribution is 2.33. The van der Waals surface area contributed by atoms with E-state index < -0.39 is 12.1 Å². The number of carboxylic acid groups (broad SMARTS) is 1. The molecule has 0 spiro atoms. The molecule has 0 aromatic carbocycles. The number of ether oxygens (including phenoxy) is 1. The molecule has 0 aliphatic heterocycles. The van der Waals surface area contributed by atoms with Crippen molar-refractivity contribution in [1.29, 1.82) is 0 Å². The second kappa shape index (κ2) is 8.86. The molecule has 24 heavy (non-hydrogen) atoms. The van der Waals surface area contributed by atoms with Gasteiger partial charge in [0.25, 0.3) is 0 Å². The highest BCUT2D eigenvalue weighted by atomic mass is 16.5. The van der Waals surface area contributed by atoms with Crippen molar-refractivity contribution in [2.75, 3.05) is 0 Å². The fourth-order valence-corrected chi connectivity index (χ4v) is 2.73. The molecule has 0 saturated heterocycles. The van der Waals surface area contributed by atoms with Crippen molar-refractivity contribution in [3.63, 3.8) is 0 Å². The van der Waals surface area contributed by atoms with E-state index in [4.69, 9.17) is 4.74 Å². The average molecular weight is 334 g/mol. The topological polar surface area (TPSA) is 63.6 Å². The van der Waals surface area contributed by atoms with Crippen LogP contribution in [-0.4, -0.2) is 23.1 Å². The lowest BCUT2D eigenvalue weighted by atomic mass is 9.80. The summed E-state index contributed by atoms with van der Waals surface area (Å²) >= 11 is 0. The van der Waals surface area contributed by atoms with E-state index in [1.54, 1.807) is 26.0 Å². The number of hydrogen-bond acceptors (Lipinski definition) is 3. The average Bonchev–Trinajstić information content (AvgIpc) is 2.52. The third kappa shape index (κ3) is 5.99. The lowest BCUT2D eigenvalue weighted by Crippen LogP contribution is -2.33. The van der Waals surface area contributed by atoms with E-state index in [0.717, 1.165) is 19.3 Å². The van der Waals surface area contributed by atoms with Gasteiger partial charge >= 0.3 is 11.9 Å². The van der Waals surface area contributed by atoms with E-state index in [2.05, 4.69) is 13.0 Å². The molecule has 1 N–H and O–H groups in total. The third-order valence-corrected chi connectivity index (χ3v) is 4.69. The Morgan fingerprint density at radius 3 is 2.58 bits per heavy atom. The molecule has 1 aliphatic rings. The Bertz CT molecular complexity index is 564. The van der Waals surface area contributed by atoms with E-state index in [-0.39, 0.29) is 11.4 Å². The standard InChI is InChI=1S/C20H30O4/c1-6-15(3)19(23)24-17-13-16(18(21)22)11-7-9-14(2)10-8-12-20(17,4)5/h6,9,13,17H,7-8,10-12H2,1-5H3,(H,21,22)/b14-9+,15-6-,16-13+/t17-/m1/s1. The van der Waals surface area contributed by atoms with Gasteiger partial charge in [0.1, 0.15) is 6.10 Å². The molecule has 0 heterocycles. The Morgan fingerprint density at radius 2 is 2.00 bits per heavy atom. The van der Waals surface area contributed by atoms with Gasteiger partial charge in [-0.25, -0.2) is 9.59 Å². The summed E-state index contributed by atoms with van der Waals surface area (Å²) in [4.78, 5) is 23.8. The first-order chi connectivity index (χ1) is 11.2. The number of hydrogen-bond donors (Lipinski definition) is 1. The van der Waals surface area contributed by atoms with Gasteiger partial charge in [0.2, 0.25) is 0 Å². The first kappa shape index (κ1) is 20.2. The minimum absolute atomic E-state index is 0.310. The van der Waals surface area contributed by atoms with Crippen molar-refractivity contribution in [2.45, 2.75) is 72.8 Å². The maximum Gasteiger partial charge on any atom is 0.333 e. The number of carbonyl (C=O) groups is 2. The van der Waals surface area contributed by atoms with Crippen LogP contribution in [0.2, 0.25) is 0 Å². The van der Waals surface area contributed by atoms with Crippen molar-refractivity contribution < 1.29 is 19.4 Å². The fourth-order valence-electron chi connectivity index (χ4n) is 2.73. The predicted molar refractivity (Wildman–Crippen MR) is 95.7 cm³/mol. The van der Waals surface area contributed by atoms with Crippen molar-refractivity contribution in [3.8, 4) is 0 Å². The second-order valence-corrected chi connectivity index (χ2v) is 7.23. The number of allylic oxidation sites excluding steroid dienone is 3. The second-order valence-electron chi connectivity index (χ2n) is 7.23. The van der Waals surface area contributed by atoms with Crippen molar-refractivity contribution in [2.24, 2.45) is 5.41 Å². The zero-order valence-electron chi connectivity index (χ0n) is 15.5. The normalized spacial score (nSPS) is 27.0. The molecule has 0 aromatic rings. The van der Waals surface area contributed by atoms with Gasteiger partial charge in [-0.1, -0.05) is 31.6 Å². The summed E-state index contributed by atoms with van der Waals surface area (Å²) in [6, 6.07) is 0. The zero-order chi connectivity index (χ0) is 18.3. The summed E-state index contributed by atoms with van der Waals surface area (Å²) in [6.45, 7) is 9.63. The van der Waals surface area contributed by atoms with Crippen LogP contribution < -0.4 is 0 Å². The molecule has 1 aliphatic carbocycles. The molecule has 0 unspecified atom stereocenters. The zero-order valence-corrected chi connectivity index (χ0v) is 15.5. The molecule has 1 atom stereocenters. The molecule has 0 radical (unpaired) electrons. The minimum Gasteiger partial charge on any atom is -0.478 e. The van der Waals surface area contributed by atoms with Crippen LogP contribution in [0.25, 0.3) is 0 Å². The first-order valence-corrected chi connectivity index (χ1v) is 8.61. The largest absolute Gasteiger partial charge is 0.478 e. The van der Waals surface area contributed by atoms with E-state index in [9.17, 15) is 14.7 Å². The van der Waals surface area contributed by atoms with E-state index >= 15 is 0 Å². The van der Waals surface area contributed by atoms with Gasteiger partial charge in [-0.2, -0.15) is 0 Å². The first-order valence-electron chi connectivity index (χ1n) is 8.61. The maximum atomic E-state index is 12.2. The molecular weight excluding hydrogens is 304 g/mol. The number of esters is 1. The Morgan fingerprint density at radius 1 is 1.33 bits per heavy atom. The summed E-state index contributed by atoms with van der Waals surface area (Å²) in [5.74, 6) is -1.33. The summed E-state index contributed by atoms with van der Waals surface area (Å²) in [6.07, 6.45) is 8.87. The summed E-state index contributed by atoms with van der Waals surface area (Å²) in [5.41, 5.74) is 1.80. The number of carboxylic acids is 1.